The number of pyridine rings is 1. The van der Waals surface area contributed by atoms with E-state index in [0.717, 1.165) is 5.56 Å². The highest BCUT2D eigenvalue weighted by Crippen LogP contribution is 2.10. The van der Waals surface area contributed by atoms with Gasteiger partial charge in [-0.25, -0.2) is 9.78 Å². The molecule has 28 heavy (non-hydrogen) atoms. The normalized spacial score (nSPS) is 11.1. The molecular weight excluding hydrogens is 356 g/mol. The van der Waals surface area contributed by atoms with Gasteiger partial charge in [-0.3, -0.25) is 18.7 Å². The number of amides is 1. The van der Waals surface area contributed by atoms with Crippen molar-refractivity contribution < 1.29 is 4.79 Å². The van der Waals surface area contributed by atoms with Crippen molar-refractivity contribution in [2.45, 2.75) is 40.3 Å². The Morgan fingerprint density at radius 3 is 2.50 bits per heavy atom. The quantitative estimate of drug-likeness (QED) is 0.712. The highest BCUT2D eigenvalue weighted by molar-refractivity contribution is 5.91. The highest BCUT2D eigenvalue weighted by atomic mass is 16.2. The Bertz CT molecular complexity index is 1110. The fourth-order valence-electron chi connectivity index (χ4n) is 2.96. The summed E-state index contributed by atoms with van der Waals surface area (Å²) in [5.74, 6) is -0.0128. The number of hydrogen-bond acceptors (Lipinski definition) is 4. The second-order valence-corrected chi connectivity index (χ2v) is 7.30. The van der Waals surface area contributed by atoms with Gasteiger partial charge in [0.15, 0.2) is 0 Å². The van der Waals surface area contributed by atoms with Crippen molar-refractivity contribution in [3.8, 4) is 0 Å². The van der Waals surface area contributed by atoms with E-state index in [9.17, 15) is 14.4 Å². The third-order valence-electron chi connectivity index (χ3n) is 4.55. The SMILES string of the molecule is Cc1ccc(NC(=O)Cn2c(=O)n(CCC(C)C)c(=O)c3cccnc32)cc1. The predicted molar refractivity (Wildman–Crippen MR) is 110 cm³/mol. The first kappa shape index (κ1) is 19.5. The van der Waals surface area contributed by atoms with E-state index in [1.54, 1.807) is 24.3 Å². The van der Waals surface area contributed by atoms with Crippen LogP contribution in [0.5, 0.6) is 0 Å². The van der Waals surface area contributed by atoms with Crippen molar-refractivity contribution in [3.05, 3.63) is 69.0 Å². The minimum atomic E-state index is -0.518. The average molecular weight is 380 g/mol. The first-order chi connectivity index (χ1) is 13.4. The van der Waals surface area contributed by atoms with Gasteiger partial charge in [0, 0.05) is 18.4 Å². The maximum atomic E-state index is 13.0. The van der Waals surface area contributed by atoms with Crippen LogP contribution in [0.15, 0.2) is 52.2 Å². The molecule has 3 aromatic rings. The zero-order valence-electron chi connectivity index (χ0n) is 16.3. The molecule has 0 fully saturated rings. The van der Waals surface area contributed by atoms with Gasteiger partial charge in [-0.2, -0.15) is 0 Å². The molecule has 0 spiro atoms. The molecule has 0 atom stereocenters. The van der Waals surface area contributed by atoms with Crippen molar-refractivity contribution >= 4 is 22.6 Å². The molecule has 0 aliphatic heterocycles. The lowest BCUT2D eigenvalue weighted by atomic mass is 10.1. The molecule has 2 aromatic heterocycles. The van der Waals surface area contributed by atoms with Crippen LogP contribution < -0.4 is 16.6 Å². The monoisotopic (exact) mass is 380 g/mol. The van der Waals surface area contributed by atoms with E-state index < -0.39 is 5.69 Å². The Morgan fingerprint density at radius 2 is 1.82 bits per heavy atom. The smallest absolute Gasteiger partial charge is 0.325 e. The molecule has 0 saturated heterocycles. The van der Waals surface area contributed by atoms with Crippen molar-refractivity contribution in [2.75, 3.05) is 5.32 Å². The largest absolute Gasteiger partial charge is 0.333 e. The van der Waals surface area contributed by atoms with Crippen LogP contribution in [-0.2, 0) is 17.9 Å². The van der Waals surface area contributed by atoms with Gasteiger partial charge in [0.25, 0.3) is 5.56 Å². The van der Waals surface area contributed by atoms with E-state index in [1.165, 1.54) is 15.3 Å². The van der Waals surface area contributed by atoms with E-state index in [1.807, 2.05) is 32.9 Å². The average Bonchev–Trinajstić information content (AvgIpc) is 2.67. The molecule has 0 radical (unpaired) electrons. The fourth-order valence-corrected chi connectivity index (χ4v) is 2.96. The Balaban J connectivity index is 1.99. The van der Waals surface area contributed by atoms with Crippen LogP contribution in [0, 0.1) is 12.8 Å². The second-order valence-electron chi connectivity index (χ2n) is 7.30. The third kappa shape index (κ3) is 4.19. The number of carbonyl (C=O) groups excluding carboxylic acids is 1. The van der Waals surface area contributed by atoms with Crippen LogP contribution in [0.4, 0.5) is 5.69 Å². The summed E-state index contributed by atoms with van der Waals surface area (Å²) in [5.41, 5.74) is 1.06. The molecule has 0 unspecified atom stereocenters. The summed E-state index contributed by atoms with van der Waals surface area (Å²) < 4.78 is 2.46. The number of carbonyl (C=O) groups is 1. The standard InChI is InChI=1S/C21H24N4O3/c1-14(2)10-12-24-20(27)17-5-4-11-22-19(17)25(21(24)28)13-18(26)23-16-8-6-15(3)7-9-16/h4-9,11,14H,10,12-13H2,1-3H3,(H,23,26). The number of nitrogens with one attached hydrogen (secondary N) is 1. The van der Waals surface area contributed by atoms with Gasteiger partial charge < -0.3 is 5.32 Å². The van der Waals surface area contributed by atoms with Gasteiger partial charge in [-0.1, -0.05) is 31.5 Å². The Kier molecular flexibility index (Phi) is 5.73. The maximum Gasteiger partial charge on any atom is 0.333 e. The lowest BCUT2D eigenvalue weighted by Crippen LogP contribution is -2.42. The molecule has 2 heterocycles. The first-order valence-electron chi connectivity index (χ1n) is 9.31. The molecule has 0 bridgehead atoms. The number of aromatic nitrogens is 3. The predicted octanol–water partition coefficient (Wildman–Crippen LogP) is 2.55. The number of rotatable bonds is 6. The van der Waals surface area contributed by atoms with Gasteiger partial charge in [0.05, 0.1) is 5.39 Å². The number of hydrogen-bond donors (Lipinski definition) is 1. The second kappa shape index (κ2) is 8.21. The number of anilines is 1. The van der Waals surface area contributed by atoms with Crippen molar-refractivity contribution in [1.29, 1.82) is 0 Å². The van der Waals surface area contributed by atoms with Crippen LogP contribution in [0.25, 0.3) is 11.0 Å². The molecule has 0 aliphatic rings. The van der Waals surface area contributed by atoms with Gasteiger partial charge in [-0.05, 0) is 43.5 Å². The number of aryl methyl sites for hydroxylation is 1. The summed E-state index contributed by atoms with van der Waals surface area (Å²) in [6.45, 7) is 6.10. The van der Waals surface area contributed by atoms with Crippen molar-refractivity contribution in [3.63, 3.8) is 0 Å². The van der Waals surface area contributed by atoms with E-state index >= 15 is 0 Å². The summed E-state index contributed by atoms with van der Waals surface area (Å²) in [7, 11) is 0. The molecular formula is C21H24N4O3. The van der Waals surface area contributed by atoms with Gasteiger partial charge >= 0.3 is 5.69 Å². The molecule has 1 aromatic carbocycles. The molecule has 1 amide bonds. The minimum Gasteiger partial charge on any atom is -0.325 e. The summed E-state index contributed by atoms with van der Waals surface area (Å²) in [5, 5.41) is 3.11. The zero-order chi connectivity index (χ0) is 20.3. The highest BCUT2D eigenvalue weighted by Gasteiger charge is 2.16. The summed E-state index contributed by atoms with van der Waals surface area (Å²) >= 11 is 0. The van der Waals surface area contributed by atoms with Gasteiger partial charge in [0.2, 0.25) is 5.91 Å². The lowest BCUT2D eigenvalue weighted by molar-refractivity contribution is -0.116. The Labute approximate surface area is 162 Å². The fraction of sp³-hybridized carbons (Fsp3) is 0.333. The lowest BCUT2D eigenvalue weighted by Gasteiger charge is -2.14. The van der Waals surface area contributed by atoms with Crippen molar-refractivity contribution in [2.24, 2.45) is 5.92 Å². The summed E-state index contributed by atoms with van der Waals surface area (Å²) in [6.07, 6.45) is 2.20. The minimum absolute atomic E-state index is 0.220. The molecule has 0 saturated carbocycles. The molecule has 1 N–H and O–H groups in total. The first-order valence-corrected chi connectivity index (χ1v) is 9.31. The summed E-state index contributed by atoms with van der Waals surface area (Å²) in [6, 6.07) is 10.7. The number of benzene rings is 1. The summed E-state index contributed by atoms with van der Waals surface area (Å²) in [4.78, 5) is 42.4. The zero-order valence-corrected chi connectivity index (χ0v) is 16.3. The van der Waals surface area contributed by atoms with Gasteiger partial charge in [-0.15, -0.1) is 0 Å². The molecule has 7 heteroatoms. The Hall–Kier alpha value is -3.22. The molecule has 0 aliphatic carbocycles. The molecule has 146 valence electrons. The van der Waals surface area contributed by atoms with E-state index in [2.05, 4.69) is 10.3 Å². The topological polar surface area (TPSA) is 86.0 Å². The third-order valence-corrected chi connectivity index (χ3v) is 4.55. The van der Waals surface area contributed by atoms with Crippen LogP contribution in [-0.4, -0.2) is 20.0 Å². The van der Waals surface area contributed by atoms with E-state index in [4.69, 9.17) is 0 Å². The van der Waals surface area contributed by atoms with Crippen molar-refractivity contribution in [1.82, 2.24) is 14.1 Å². The van der Waals surface area contributed by atoms with Crippen LogP contribution in [0.3, 0.4) is 0 Å². The van der Waals surface area contributed by atoms with Crippen LogP contribution >= 0.6 is 0 Å². The molecule has 3 rings (SSSR count). The molecule has 7 nitrogen and oxygen atoms in total. The number of fused-ring (bicyclic) bond motifs is 1. The Morgan fingerprint density at radius 1 is 1.11 bits per heavy atom. The van der Waals surface area contributed by atoms with Gasteiger partial charge in [0.1, 0.15) is 12.2 Å². The number of nitrogens with zero attached hydrogens (tertiary/aromatic N) is 3. The van der Waals surface area contributed by atoms with Crippen LogP contribution in [0.1, 0.15) is 25.8 Å². The van der Waals surface area contributed by atoms with Crippen LogP contribution in [0.2, 0.25) is 0 Å². The van der Waals surface area contributed by atoms with E-state index in [-0.39, 0.29) is 23.7 Å². The maximum absolute atomic E-state index is 13.0. The van der Waals surface area contributed by atoms with E-state index in [0.29, 0.717) is 30.0 Å².